The van der Waals surface area contributed by atoms with E-state index >= 15 is 0 Å². The van der Waals surface area contributed by atoms with Gasteiger partial charge in [0, 0.05) is 6.61 Å². The minimum absolute atomic E-state index is 0.442. The lowest BCUT2D eigenvalue weighted by molar-refractivity contribution is -0.158. The maximum Gasteiger partial charge on any atom is 0.391 e. The van der Waals surface area contributed by atoms with Crippen LogP contribution in [0.15, 0.2) is 0 Å². The molecule has 86 valence electrons. The largest absolute Gasteiger partial charge is 0.391 e. The Hall–Kier alpha value is -0.250. The monoisotopic (exact) mass is 212 g/mol. The van der Waals surface area contributed by atoms with E-state index in [0.29, 0.717) is 6.61 Å². The molecule has 0 unspecified atom stereocenters. The molecule has 1 nitrogen and oxygen atoms in total. The van der Waals surface area contributed by atoms with Gasteiger partial charge >= 0.3 is 6.18 Å². The van der Waals surface area contributed by atoms with Crippen molar-refractivity contribution in [2.24, 2.45) is 0 Å². The molecule has 0 heterocycles. The number of halogens is 3. The molecule has 1 atom stereocenters. The van der Waals surface area contributed by atoms with Crippen LogP contribution in [0.3, 0.4) is 0 Å². The SMILES string of the molecule is CCCCCCO[C@@H](C)CC(F)(F)F. The van der Waals surface area contributed by atoms with E-state index in [1.807, 2.05) is 0 Å². The van der Waals surface area contributed by atoms with Gasteiger partial charge < -0.3 is 4.74 Å². The Morgan fingerprint density at radius 3 is 2.29 bits per heavy atom. The first-order chi connectivity index (χ1) is 6.45. The van der Waals surface area contributed by atoms with E-state index in [1.54, 1.807) is 0 Å². The van der Waals surface area contributed by atoms with Crippen molar-refractivity contribution < 1.29 is 17.9 Å². The molecule has 0 radical (unpaired) electrons. The summed E-state index contributed by atoms with van der Waals surface area (Å²) in [6, 6.07) is 0. The second-order valence-electron chi connectivity index (χ2n) is 3.56. The number of unbranched alkanes of at least 4 members (excludes halogenated alkanes) is 3. The van der Waals surface area contributed by atoms with Crippen molar-refractivity contribution in [2.75, 3.05) is 6.61 Å². The van der Waals surface area contributed by atoms with E-state index in [4.69, 9.17) is 4.74 Å². The Morgan fingerprint density at radius 2 is 1.79 bits per heavy atom. The average Bonchev–Trinajstić information content (AvgIpc) is 2.00. The lowest BCUT2D eigenvalue weighted by Crippen LogP contribution is -2.20. The summed E-state index contributed by atoms with van der Waals surface area (Å²) in [5.41, 5.74) is 0. The summed E-state index contributed by atoms with van der Waals surface area (Å²) in [4.78, 5) is 0. The minimum atomic E-state index is -4.11. The van der Waals surface area contributed by atoms with Crippen LogP contribution in [0.5, 0.6) is 0 Å². The van der Waals surface area contributed by atoms with E-state index in [0.717, 1.165) is 25.7 Å². The van der Waals surface area contributed by atoms with E-state index < -0.39 is 18.7 Å². The molecule has 0 bridgehead atoms. The van der Waals surface area contributed by atoms with Crippen LogP contribution in [-0.2, 0) is 4.74 Å². The van der Waals surface area contributed by atoms with Crippen molar-refractivity contribution in [2.45, 2.75) is 58.2 Å². The summed E-state index contributed by atoms with van der Waals surface area (Å²) in [5, 5.41) is 0. The Bertz CT molecular complexity index is 134. The van der Waals surface area contributed by atoms with Crippen molar-refractivity contribution in [1.82, 2.24) is 0 Å². The fourth-order valence-electron chi connectivity index (χ4n) is 1.20. The van der Waals surface area contributed by atoms with Gasteiger partial charge in [-0.1, -0.05) is 26.2 Å². The average molecular weight is 212 g/mol. The first kappa shape index (κ1) is 13.8. The molecule has 0 aromatic carbocycles. The highest BCUT2D eigenvalue weighted by atomic mass is 19.4. The zero-order valence-corrected chi connectivity index (χ0v) is 8.86. The standard InChI is InChI=1S/C10H19F3O/c1-3-4-5-6-7-14-9(2)8-10(11,12)13/h9H,3-8H2,1-2H3/t9-/m0/s1. The van der Waals surface area contributed by atoms with Crippen LogP contribution in [-0.4, -0.2) is 18.9 Å². The fraction of sp³-hybridized carbons (Fsp3) is 1.00. The molecule has 0 amide bonds. The Morgan fingerprint density at radius 1 is 1.14 bits per heavy atom. The molecule has 0 aliphatic rings. The zero-order valence-electron chi connectivity index (χ0n) is 8.86. The first-order valence-electron chi connectivity index (χ1n) is 5.14. The molecule has 0 saturated carbocycles. The maximum absolute atomic E-state index is 11.9. The quantitative estimate of drug-likeness (QED) is 0.581. The lowest BCUT2D eigenvalue weighted by Gasteiger charge is -2.14. The van der Waals surface area contributed by atoms with Gasteiger partial charge in [-0.05, 0) is 13.3 Å². The van der Waals surface area contributed by atoms with Crippen molar-refractivity contribution >= 4 is 0 Å². The van der Waals surface area contributed by atoms with Crippen LogP contribution in [0, 0.1) is 0 Å². The highest BCUT2D eigenvalue weighted by Gasteiger charge is 2.30. The van der Waals surface area contributed by atoms with Crippen LogP contribution >= 0.6 is 0 Å². The van der Waals surface area contributed by atoms with E-state index in [2.05, 4.69) is 6.92 Å². The Kier molecular flexibility index (Phi) is 6.97. The van der Waals surface area contributed by atoms with Gasteiger partial charge in [-0.15, -0.1) is 0 Å². The van der Waals surface area contributed by atoms with Gasteiger partial charge in [0.2, 0.25) is 0 Å². The predicted molar refractivity (Wildman–Crippen MR) is 50.2 cm³/mol. The Balaban J connectivity index is 3.31. The fourth-order valence-corrected chi connectivity index (χ4v) is 1.20. The van der Waals surface area contributed by atoms with Gasteiger partial charge in [0.15, 0.2) is 0 Å². The van der Waals surface area contributed by atoms with Crippen molar-refractivity contribution in [1.29, 1.82) is 0 Å². The second-order valence-corrected chi connectivity index (χ2v) is 3.56. The van der Waals surface area contributed by atoms with Crippen LogP contribution in [0.1, 0.15) is 46.0 Å². The molecule has 0 spiro atoms. The summed E-state index contributed by atoms with van der Waals surface area (Å²) in [6.07, 6.45) is -1.53. The topological polar surface area (TPSA) is 9.23 Å². The number of rotatable bonds is 7. The maximum atomic E-state index is 11.9. The van der Waals surface area contributed by atoms with Crippen LogP contribution in [0.2, 0.25) is 0 Å². The van der Waals surface area contributed by atoms with Gasteiger partial charge in [-0.25, -0.2) is 0 Å². The number of hydrogen-bond donors (Lipinski definition) is 0. The summed E-state index contributed by atoms with van der Waals surface area (Å²) in [5.74, 6) is 0. The third-order valence-corrected chi connectivity index (χ3v) is 1.92. The molecule has 14 heavy (non-hydrogen) atoms. The molecule has 0 aromatic heterocycles. The normalized spacial score (nSPS) is 14.4. The summed E-state index contributed by atoms with van der Waals surface area (Å²) < 4.78 is 40.6. The predicted octanol–water partition coefficient (Wildman–Crippen LogP) is 3.92. The Labute approximate surface area is 83.6 Å². The summed E-state index contributed by atoms with van der Waals surface area (Å²) in [7, 11) is 0. The van der Waals surface area contributed by atoms with Crippen molar-refractivity contribution in [3.8, 4) is 0 Å². The van der Waals surface area contributed by atoms with Gasteiger partial charge in [-0.2, -0.15) is 13.2 Å². The molecule has 0 rings (SSSR count). The zero-order chi connectivity index (χ0) is 11.0. The molecule has 0 aliphatic heterocycles. The first-order valence-corrected chi connectivity index (χ1v) is 5.14. The van der Waals surface area contributed by atoms with Crippen LogP contribution < -0.4 is 0 Å². The smallest absolute Gasteiger partial charge is 0.378 e. The van der Waals surface area contributed by atoms with Crippen LogP contribution in [0.25, 0.3) is 0 Å². The number of ether oxygens (including phenoxy) is 1. The van der Waals surface area contributed by atoms with Crippen molar-refractivity contribution in [3.05, 3.63) is 0 Å². The number of alkyl halides is 3. The molecule has 0 aliphatic carbocycles. The lowest BCUT2D eigenvalue weighted by atomic mass is 10.2. The summed E-state index contributed by atoms with van der Waals surface area (Å²) in [6.45, 7) is 4.00. The summed E-state index contributed by atoms with van der Waals surface area (Å²) >= 11 is 0. The van der Waals surface area contributed by atoms with Gasteiger partial charge in [0.1, 0.15) is 0 Å². The third-order valence-electron chi connectivity index (χ3n) is 1.92. The molecular weight excluding hydrogens is 193 g/mol. The second kappa shape index (κ2) is 7.10. The van der Waals surface area contributed by atoms with E-state index in [9.17, 15) is 13.2 Å². The molecule has 0 fully saturated rings. The van der Waals surface area contributed by atoms with Crippen LogP contribution in [0.4, 0.5) is 13.2 Å². The molecule has 0 saturated heterocycles. The molecule has 0 aromatic rings. The highest BCUT2D eigenvalue weighted by molar-refractivity contribution is 4.58. The van der Waals surface area contributed by atoms with Gasteiger partial charge in [-0.3, -0.25) is 0 Å². The highest BCUT2D eigenvalue weighted by Crippen LogP contribution is 2.22. The van der Waals surface area contributed by atoms with Gasteiger partial charge in [0.05, 0.1) is 12.5 Å². The van der Waals surface area contributed by atoms with Crippen molar-refractivity contribution in [3.63, 3.8) is 0 Å². The van der Waals surface area contributed by atoms with E-state index in [1.165, 1.54) is 6.92 Å². The molecular formula is C10H19F3O. The van der Waals surface area contributed by atoms with E-state index in [-0.39, 0.29) is 0 Å². The minimum Gasteiger partial charge on any atom is -0.378 e. The molecule has 4 heteroatoms. The third kappa shape index (κ3) is 9.84. The van der Waals surface area contributed by atoms with Gasteiger partial charge in [0.25, 0.3) is 0 Å². The number of hydrogen-bond acceptors (Lipinski definition) is 1. The molecule has 0 N–H and O–H groups in total.